The third-order valence-corrected chi connectivity index (χ3v) is 3.45. The Morgan fingerprint density at radius 1 is 1.14 bits per heavy atom. The second-order valence-corrected chi connectivity index (χ2v) is 5.44. The van der Waals surface area contributed by atoms with Crippen LogP contribution in [-0.4, -0.2) is 29.3 Å². The van der Waals surface area contributed by atoms with Crippen LogP contribution in [0, 0.1) is 11.3 Å². The van der Waals surface area contributed by atoms with E-state index in [1.54, 1.807) is 6.07 Å². The van der Waals surface area contributed by atoms with Crippen LogP contribution in [0.4, 0.5) is 13.2 Å². The Balaban J connectivity index is 3.18. The molecule has 122 valence electrons. The number of halogens is 3. The van der Waals surface area contributed by atoms with E-state index >= 15 is 0 Å². The molecule has 2 atom stereocenters. The van der Waals surface area contributed by atoms with Crippen molar-refractivity contribution in [3.63, 3.8) is 0 Å². The minimum Gasteiger partial charge on any atom is -0.480 e. The molecule has 2 unspecified atom stereocenters. The molecule has 4 nitrogen and oxygen atoms in total. The summed E-state index contributed by atoms with van der Waals surface area (Å²) < 4.78 is 44.6. The molecule has 0 aliphatic heterocycles. The van der Waals surface area contributed by atoms with Gasteiger partial charge in [0.05, 0.1) is 5.56 Å². The molecule has 1 aromatic carbocycles. The van der Waals surface area contributed by atoms with E-state index in [1.165, 1.54) is 38.1 Å². The van der Waals surface area contributed by atoms with Gasteiger partial charge in [0, 0.05) is 0 Å². The molecule has 0 saturated carbocycles. The number of benzene rings is 1. The molecule has 0 spiro atoms. The number of hydrogen-bond acceptors (Lipinski definition) is 3. The summed E-state index contributed by atoms with van der Waals surface area (Å²) in [6.07, 6.45) is -6.91. The maximum atomic E-state index is 13.2. The first kappa shape index (κ1) is 18.0. The van der Waals surface area contributed by atoms with Gasteiger partial charge in [0.1, 0.15) is 6.10 Å². The van der Waals surface area contributed by atoms with Crippen LogP contribution in [-0.2, 0) is 9.53 Å². The van der Waals surface area contributed by atoms with Crippen molar-refractivity contribution in [2.75, 3.05) is 0 Å². The number of ether oxygens (including phenoxy) is 1. The lowest BCUT2D eigenvalue weighted by molar-refractivity contribution is -0.254. The Morgan fingerprint density at radius 3 is 2.00 bits per heavy atom. The maximum absolute atomic E-state index is 13.2. The Hall–Kier alpha value is -2.05. The highest BCUT2D eigenvalue weighted by Gasteiger charge is 2.64. The quantitative estimate of drug-likeness (QED) is 0.844. The molecule has 0 bridgehead atoms. The lowest BCUT2D eigenvalue weighted by atomic mass is 9.78. The van der Waals surface area contributed by atoms with E-state index < -0.39 is 35.6 Å². The summed E-state index contributed by atoms with van der Waals surface area (Å²) in [5.41, 5.74) is -3.13. The zero-order chi connectivity index (χ0) is 17.1. The Morgan fingerprint density at radius 2 is 1.64 bits per heavy atom. The average molecular weight is 318 g/mol. The summed E-state index contributed by atoms with van der Waals surface area (Å²) >= 11 is 0. The van der Waals surface area contributed by atoms with Gasteiger partial charge in [-0.3, -0.25) is 4.79 Å². The summed E-state index contributed by atoms with van der Waals surface area (Å²) in [6.45, 7) is 3.27. The first-order valence-electron chi connectivity index (χ1n) is 6.58. The van der Waals surface area contributed by atoms with Crippen LogP contribution in [0.25, 0.3) is 0 Å². The van der Waals surface area contributed by atoms with Gasteiger partial charge >= 0.3 is 18.1 Å². The number of alkyl halides is 3. The predicted molar refractivity (Wildman–Crippen MR) is 72.3 cm³/mol. The molecule has 0 radical (unpaired) electrons. The van der Waals surface area contributed by atoms with Crippen molar-refractivity contribution < 1.29 is 32.6 Å². The smallest absolute Gasteiger partial charge is 0.408 e. The zero-order valence-corrected chi connectivity index (χ0v) is 12.3. The molecule has 22 heavy (non-hydrogen) atoms. The summed E-state index contributed by atoms with van der Waals surface area (Å²) in [6, 6.07) is 7.45. The van der Waals surface area contributed by atoms with E-state index in [0.29, 0.717) is 6.92 Å². The molecule has 0 fully saturated rings. The molecule has 1 rings (SSSR count). The van der Waals surface area contributed by atoms with E-state index in [9.17, 15) is 22.8 Å². The van der Waals surface area contributed by atoms with Crippen LogP contribution < -0.4 is 0 Å². The zero-order valence-electron chi connectivity index (χ0n) is 12.3. The van der Waals surface area contributed by atoms with Crippen molar-refractivity contribution >= 4 is 11.9 Å². The van der Waals surface area contributed by atoms with Gasteiger partial charge in [0.25, 0.3) is 0 Å². The fourth-order valence-electron chi connectivity index (χ4n) is 2.08. The number of rotatable bonds is 5. The van der Waals surface area contributed by atoms with E-state index in [1.807, 2.05) is 0 Å². The Labute approximate surface area is 125 Å². The second-order valence-electron chi connectivity index (χ2n) is 5.44. The molecule has 0 heterocycles. The van der Waals surface area contributed by atoms with Gasteiger partial charge in [-0.2, -0.15) is 13.2 Å². The fourth-order valence-corrected chi connectivity index (χ4v) is 2.08. The first-order chi connectivity index (χ1) is 10.0. The molecule has 0 saturated heterocycles. The van der Waals surface area contributed by atoms with Crippen molar-refractivity contribution in [3.05, 3.63) is 35.9 Å². The number of carboxylic acids is 1. The minimum atomic E-state index is -5.06. The Kier molecular flexibility index (Phi) is 5.22. The number of hydrogen-bond donors (Lipinski definition) is 1. The van der Waals surface area contributed by atoms with Gasteiger partial charge in [0.15, 0.2) is 5.41 Å². The molecule has 0 aliphatic rings. The Bertz CT molecular complexity index is 539. The van der Waals surface area contributed by atoms with Gasteiger partial charge < -0.3 is 9.84 Å². The molecule has 0 amide bonds. The molecule has 1 N–H and O–H groups in total. The first-order valence-corrected chi connectivity index (χ1v) is 6.58. The lowest BCUT2D eigenvalue weighted by Gasteiger charge is -2.37. The molecule has 7 heteroatoms. The molecule has 1 aromatic rings. The van der Waals surface area contributed by atoms with E-state index in [4.69, 9.17) is 9.84 Å². The molecule has 0 aromatic heterocycles. The van der Waals surface area contributed by atoms with Gasteiger partial charge in [-0.05, 0) is 25.0 Å². The summed E-state index contributed by atoms with van der Waals surface area (Å²) in [7, 11) is 0. The van der Waals surface area contributed by atoms with Crippen LogP contribution in [0.3, 0.4) is 0 Å². The largest absolute Gasteiger partial charge is 0.480 e. The lowest BCUT2D eigenvalue weighted by Crippen LogP contribution is -2.54. The highest BCUT2D eigenvalue weighted by Crippen LogP contribution is 2.45. The second kappa shape index (κ2) is 6.37. The van der Waals surface area contributed by atoms with Crippen molar-refractivity contribution in [2.24, 2.45) is 11.3 Å². The van der Waals surface area contributed by atoms with Crippen molar-refractivity contribution in [3.8, 4) is 0 Å². The average Bonchev–Trinajstić information content (AvgIpc) is 2.42. The van der Waals surface area contributed by atoms with Crippen LogP contribution in [0.15, 0.2) is 30.3 Å². The highest BCUT2D eigenvalue weighted by molar-refractivity contribution is 5.90. The third-order valence-electron chi connectivity index (χ3n) is 3.45. The standard InChI is InChI=1S/C15H17F3O4/c1-9(2)11(14(3,13(20)21)15(16,17)18)22-12(19)10-7-5-4-6-8-10/h4-9,11H,1-3H3,(H,20,21). The summed E-state index contributed by atoms with van der Waals surface area (Å²) in [5.74, 6) is -3.91. The number of carbonyl (C=O) groups excluding carboxylic acids is 1. The summed E-state index contributed by atoms with van der Waals surface area (Å²) in [5, 5.41) is 9.06. The van der Waals surface area contributed by atoms with Gasteiger partial charge in [-0.1, -0.05) is 32.0 Å². The number of carbonyl (C=O) groups is 2. The van der Waals surface area contributed by atoms with E-state index in [-0.39, 0.29) is 5.56 Å². The fraction of sp³-hybridized carbons (Fsp3) is 0.467. The van der Waals surface area contributed by atoms with Crippen molar-refractivity contribution in [1.82, 2.24) is 0 Å². The van der Waals surface area contributed by atoms with Crippen LogP contribution in [0.1, 0.15) is 31.1 Å². The van der Waals surface area contributed by atoms with Crippen LogP contribution in [0.2, 0.25) is 0 Å². The van der Waals surface area contributed by atoms with E-state index in [2.05, 4.69) is 0 Å². The monoisotopic (exact) mass is 318 g/mol. The maximum Gasteiger partial charge on any atom is 0.408 e. The molecular formula is C15H17F3O4. The highest BCUT2D eigenvalue weighted by atomic mass is 19.4. The van der Waals surface area contributed by atoms with E-state index in [0.717, 1.165) is 0 Å². The summed E-state index contributed by atoms with van der Waals surface area (Å²) in [4.78, 5) is 23.2. The van der Waals surface area contributed by atoms with Gasteiger partial charge in [-0.25, -0.2) is 4.79 Å². The van der Waals surface area contributed by atoms with Gasteiger partial charge in [-0.15, -0.1) is 0 Å². The van der Waals surface area contributed by atoms with Crippen LogP contribution in [0.5, 0.6) is 0 Å². The number of aliphatic carboxylic acids is 1. The third kappa shape index (κ3) is 3.40. The van der Waals surface area contributed by atoms with Crippen molar-refractivity contribution in [1.29, 1.82) is 0 Å². The molecule has 0 aliphatic carbocycles. The normalized spacial score (nSPS) is 16.0. The van der Waals surface area contributed by atoms with Crippen LogP contribution >= 0.6 is 0 Å². The number of carboxylic acid groups (broad SMARTS) is 1. The van der Waals surface area contributed by atoms with Gasteiger partial charge in [0.2, 0.25) is 0 Å². The minimum absolute atomic E-state index is 0.0584. The molecular weight excluding hydrogens is 301 g/mol. The SMILES string of the molecule is CC(C)C(OC(=O)c1ccccc1)C(C)(C(=O)O)C(F)(F)F. The number of esters is 1. The van der Waals surface area contributed by atoms with Crippen molar-refractivity contribution in [2.45, 2.75) is 33.1 Å². The predicted octanol–water partition coefficient (Wildman–Crippen LogP) is 3.52. The topological polar surface area (TPSA) is 63.6 Å².